The number of amides is 2. The highest BCUT2D eigenvalue weighted by Gasteiger charge is 2.34. The molecule has 7 nitrogen and oxygen atoms in total. The normalized spacial score (nSPS) is 12.4. The molecule has 1 atom stereocenters. The molecule has 0 saturated heterocycles. The highest BCUT2D eigenvalue weighted by atomic mass is 35.5. The molecule has 12 heteroatoms. The summed E-state index contributed by atoms with van der Waals surface area (Å²) in [6.45, 7) is 1.11. The van der Waals surface area contributed by atoms with Gasteiger partial charge in [0, 0.05) is 24.5 Å². The molecule has 2 amide bonds. The van der Waals surface area contributed by atoms with E-state index in [9.17, 15) is 31.2 Å². The molecule has 0 spiro atoms. The van der Waals surface area contributed by atoms with E-state index in [0.29, 0.717) is 21.0 Å². The maximum Gasteiger partial charge on any atom is 0.416 e. The van der Waals surface area contributed by atoms with Crippen molar-refractivity contribution in [3.8, 4) is 0 Å². The van der Waals surface area contributed by atoms with Crippen molar-refractivity contribution < 1.29 is 31.2 Å². The molecule has 1 unspecified atom stereocenters. The van der Waals surface area contributed by atoms with Gasteiger partial charge in [-0.2, -0.15) is 13.2 Å². The first kappa shape index (κ1) is 31.0. The molecule has 0 aliphatic heterocycles. The molecule has 0 heterocycles. The predicted octanol–water partition coefficient (Wildman–Crippen LogP) is 4.90. The quantitative estimate of drug-likeness (QED) is 0.342. The van der Waals surface area contributed by atoms with Crippen LogP contribution in [0.2, 0.25) is 5.02 Å². The summed E-state index contributed by atoms with van der Waals surface area (Å²) < 4.78 is 66.2. The van der Waals surface area contributed by atoms with Gasteiger partial charge < -0.3 is 10.2 Å². The second kappa shape index (κ2) is 13.2. The molecule has 3 rings (SSSR count). The zero-order chi connectivity index (χ0) is 29.5. The third-order valence-corrected chi connectivity index (χ3v) is 7.42. The van der Waals surface area contributed by atoms with E-state index in [4.69, 9.17) is 11.6 Å². The van der Waals surface area contributed by atoms with Crippen LogP contribution in [0.1, 0.15) is 23.6 Å². The van der Waals surface area contributed by atoms with Gasteiger partial charge in [0.2, 0.25) is 21.8 Å². The van der Waals surface area contributed by atoms with Crippen LogP contribution in [0.3, 0.4) is 0 Å². The molecule has 0 aliphatic carbocycles. The van der Waals surface area contributed by atoms with Gasteiger partial charge in [-0.15, -0.1) is 0 Å². The molecule has 1 N–H and O–H groups in total. The van der Waals surface area contributed by atoms with Crippen molar-refractivity contribution in [2.45, 2.75) is 32.1 Å². The van der Waals surface area contributed by atoms with Crippen LogP contribution in [0, 0.1) is 0 Å². The Morgan fingerprint density at radius 2 is 1.60 bits per heavy atom. The van der Waals surface area contributed by atoms with Gasteiger partial charge >= 0.3 is 6.18 Å². The molecule has 0 bridgehead atoms. The first-order chi connectivity index (χ1) is 18.8. The minimum Gasteiger partial charge on any atom is -0.355 e. The minimum atomic E-state index is -4.72. The Morgan fingerprint density at radius 1 is 0.950 bits per heavy atom. The van der Waals surface area contributed by atoms with Gasteiger partial charge in [-0.3, -0.25) is 13.9 Å². The minimum absolute atomic E-state index is 0.0785. The molecule has 3 aromatic rings. The van der Waals surface area contributed by atoms with Crippen molar-refractivity contribution in [3.05, 3.63) is 101 Å². The van der Waals surface area contributed by atoms with Crippen molar-refractivity contribution in [3.63, 3.8) is 0 Å². The molecule has 214 valence electrons. The van der Waals surface area contributed by atoms with E-state index in [1.165, 1.54) is 11.0 Å². The predicted molar refractivity (Wildman–Crippen MR) is 148 cm³/mol. The highest BCUT2D eigenvalue weighted by molar-refractivity contribution is 7.92. The molecule has 0 saturated carbocycles. The lowest BCUT2D eigenvalue weighted by atomic mass is 10.0. The molecule has 0 aromatic heterocycles. The molecular formula is C28H29ClF3N3O4S. The van der Waals surface area contributed by atoms with E-state index in [-0.39, 0.29) is 25.2 Å². The highest BCUT2D eigenvalue weighted by Crippen LogP contribution is 2.32. The Hall–Kier alpha value is -3.57. The van der Waals surface area contributed by atoms with E-state index in [0.717, 1.165) is 24.0 Å². The summed E-state index contributed by atoms with van der Waals surface area (Å²) in [5, 5.41) is 3.18. The zero-order valence-electron chi connectivity index (χ0n) is 21.9. The van der Waals surface area contributed by atoms with Crippen LogP contribution in [-0.4, -0.2) is 50.5 Å². The average Bonchev–Trinajstić information content (AvgIpc) is 2.90. The van der Waals surface area contributed by atoms with Crippen molar-refractivity contribution in [1.29, 1.82) is 0 Å². The first-order valence-corrected chi connectivity index (χ1v) is 14.5. The number of carbonyl (C=O) groups is 2. The summed E-state index contributed by atoms with van der Waals surface area (Å²) in [7, 11) is -4.20. The van der Waals surface area contributed by atoms with Crippen LogP contribution < -0.4 is 9.62 Å². The molecule has 0 aliphatic rings. The van der Waals surface area contributed by atoms with Crippen molar-refractivity contribution in [1.82, 2.24) is 10.2 Å². The van der Waals surface area contributed by atoms with Crippen molar-refractivity contribution in [2.75, 3.05) is 23.7 Å². The second-order valence-corrected chi connectivity index (χ2v) is 11.4. The Kier molecular flexibility index (Phi) is 10.2. The van der Waals surface area contributed by atoms with Crippen LogP contribution in [0.15, 0.2) is 78.9 Å². The van der Waals surface area contributed by atoms with E-state index >= 15 is 0 Å². The summed E-state index contributed by atoms with van der Waals surface area (Å²) in [5.74, 6) is -1.23. The molecule has 40 heavy (non-hydrogen) atoms. The first-order valence-electron chi connectivity index (χ1n) is 12.3. The third-order valence-electron chi connectivity index (χ3n) is 6.03. The summed E-state index contributed by atoms with van der Waals surface area (Å²) in [6, 6.07) is 18.2. The monoisotopic (exact) mass is 595 g/mol. The van der Waals surface area contributed by atoms with Gasteiger partial charge in [0.15, 0.2) is 0 Å². The number of nitrogens with one attached hydrogen (secondary N) is 1. The smallest absolute Gasteiger partial charge is 0.355 e. The van der Waals surface area contributed by atoms with Gasteiger partial charge in [0.1, 0.15) is 12.6 Å². The fourth-order valence-electron chi connectivity index (χ4n) is 4.08. The number of carbonyl (C=O) groups excluding carboxylic acids is 2. The summed E-state index contributed by atoms with van der Waals surface area (Å²) >= 11 is 6.01. The largest absolute Gasteiger partial charge is 0.416 e. The van der Waals surface area contributed by atoms with Gasteiger partial charge in [-0.25, -0.2) is 8.42 Å². The fourth-order valence-corrected chi connectivity index (χ4v) is 5.05. The number of halogens is 4. The molecule has 3 aromatic carbocycles. The van der Waals surface area contributed by atoms with E-state index < -0.39 is 46.2 Å². The summed E-state index contributed by atoms with van der Waals surface area (Å²) in [4.78, 5) is 28.4. The topological polar surface area (TPSA) is 86.8 Å². The number of benzene rings is 3. The second-order valence-electron chi connectivity index (χ2n) is 9.07. The Bertz CT molecular complexity index is 1420. The number of hydrogen-bond acceptors (Lipinski definition) is 4. The Morgan fingerprint density at radius 3 is 2.17 bits per heavy atom. The van der Waals surface area contributed by atoms with Crippen molar-refractivity contribution >= 4 is 39.1 Å². The van der Waals surface area contributed by atoms with E-state index in [1.807, 2.05) is 0 Å². The van der Waals surface area contributed by atoms with Gasteiger partial charge in [0.05, 0.1) is 17.5 Å². The van der Waals surface area contributed by atoms with Gasteiger partial charge in [0.25, 0.3) is 0 Å². The number of sulfonamides is 1. The lowest BCUT2D eigenvalue weighted by molar-refractivity contribution is -0.140. The maximum absolute atomic E-state index is 13.9. The molecule has 0 fully saturated rings. The number of alkyl halides is 3. The molecular weight excluding hydrogens is 567 g/mol. The number of rotatable bonds is 11. The fraction of sp³-hybridized carbons (Fsp3) is 0.286. The SMILES string of the molecule is CCNC(=O)C(Cc1ccccc1)N(Cc1ccc(Cl)cc1)C(=O)CN(c1cccc(C(F)(F)F)c1)S(C)(=O)=O. The lowest BCUT2D eigenvalue weighted by Gasteiger charge is -2.33. The Balaban J connectivity index is 2.06. The van der Waals surface area contributed by atoms with E-state index in [2.05, 4.69) is 5.32 Å². The van der Waals surface area contributed by atoms with Crippen LogP contribution in [0.5, 0.6) is 0 Å². The average molecular weight is 596 g/mol. The number of hydrogen-bond donors (Lipinski definition) is 1. The molecule has 0 radical (unpaired) electrons. The number of anilines is 1. The summed E-state index contributed by atoms with van der Waals surface area (Å²) in [5.41, 5.74) is -0.0151. The van der Waals surface area contributed by atoms with Gasteiger partial charge in [-0.05, 0) is 48.4 Å². The number of likely N-dealkylation sites (N-methyl/N-ethyl adjacent to an activating group) is 1. The lowest BCUT2D eigenvalue weighted by Crippen LogP contribution is -2.53. The van der Waals surface area contributed by atoms with Crippen LogP contribution in [-0.2, 0) is 38.8 Å². The van der Waals surface area contributed by atoms with Crippen molar-refractivity contribution in [2.24, 2.45) is 0 Å². The number of nitrogens with zero attached hydrogens (tertiary/aromatic N) is 2. The maximum atomic E-state index is 13.9. The zero-order valence-corrected chi connectivity index (χ0v) is 23.4. The third kappa shape index (κ3) is 8.46. The Labute approximate surface area is 236 Å². The van der Waals surface area contributed by atoms with Crippen LogP contribution >= 0.6 is 11.6 Å². The standard InChI is InChI=1S/C28H29ClF3N3O4S/c1-3-33-27(37)25(16-20-8-5-4-6-9-20)34(18-21-12-14-23(29)15-13-21)26(36)19-35(40(2,38)39)24-11-7-10-22(17-24)28(30,31)32/h4-15,17,25H,3,16,18-19H2,1-2H3,(H,33,37). The van der Waals surface area contributed by atoms with Gasteiger partial charge in [-0.1, -0.05) is 60.1 Å². The van der Waals surface area contributed by atoms with Crippen LogP contribution in [0.25, 0.3) is 0 Å². The van der Waals surface area contributed by atoms with E-state index in [1.54, 1.807) is 61.5 Å². The van der Waals surface area contributed by atoms with Crippen LogP contribution in [0.4, 0.5) is 18.9 Å². The summed E-state index contributed by atoms with van der Waals surface area (Å²) in [6.07, 6.45) is -3.80.